The van der Waals surface area contributed by atoms with Gasteiger partial charge < -0.3 is 10.2 Å². The van der Waals surface area contributed by atoms with Crippen LogP contribution < -0.4 is 10.2 Å². The number of anilines is 2. The van der Waals surface area contributed by atoms with Crippen molar-refractivity contribution in [3.8, 4) is 0 Å². The molecule has 2 aliphatic rings. The van der Waals surface area contributed by atoms with Crippen LogP contribution in [0.25, 0.3) is 0 Å². The molecule has 0 aliphatic carbocycles. The lowest BCUT2D eigenvalue weighted by atomic mass is 9.96. The SMILES string of the molecule is CN1C(=O)c2ccccc2N2C(=O)CCC12C(=O)Nc1cccc(F)c1. The van der Waals surface area contributed by atoms with E-state index in [2.05, 4.69) is 5.32 Å². The Bertz CT molecular complexity index is 945. The van der Waals surface area contributed by atoms with E-state index in [1.807, 2.05) is 0 Å². The van der Waals surface area contributed by atoms with Crippen LogP contribution in [0, 0.1) is 5.82 Å². The van der Waals surface area contributed by atoms with Crippen molar-refractivity contribution < 1.29 is 18.8 Å². The number of likely N-dealkylation sites (N-methyl/N-ethyl adjacent to an activating group) is 1. The Morgan fingerprint density at radius 1 is 1.15 bits per heavy atom. The summed E-state index contributed by atoms with van der Waals surface area (Å²) in [5.41, 5.74) is -0.398. The summed E-state index contributed by atoms with van der Waals surface area (Å²) in [5, 5.41) is 2.65. The zero-order valence-corrected chi connectivity index (χ0v) is 14.0. The number of hydrogen-bond acceptors (Lipinski definition) is 3. The Kier molecular flexibility index (Phi) is 3.54. The maximum Gasteiger partial charge on any atom is 0.271 e. The average Bonchev–Trinajstić information content (AvgIpc) is 2.98. The number of carbonyl (C=O) groups is 3. The number of carbonyl (C=O) groups excluding carboxylic acids is 3. The molecule has 0 spiro atoms. The summed E-state index contributed by atoms with van der Waals surface area (Å²) in [4.78, 5) is 41.3. The number of fused-ring (bicyclic) bond motifs is 3. The van der Waals surface area contributed by atoms with E-state index in [-0.39, 0.29) is 30.3 Å². The van der Waals surface area contributed by atoms with Crippen LogP contribution in [0.5, 0.6) is 0 Å². The number of hydrogen-bond donors (Lipinski definition) is 1. The molecule has 1 atom stereocenters. The minimum Gasteiger partial charge on any atom is -0.322 e. The molecule has 132 valence electrons. The third-order valence-corrected chi connectivity index (χ3v) is 4.99. The lowest BCUT2D eigenvalue weighted by Gasteiger charge is -2.47. The number of benzene rings is 2. The van der Waals surface area contributed by atoms with Gasteiger partial charge in [-0.2, -0.15) is 0 Å². The molecule has 2 heterocycles. The van der Waals surface area contributed by atoms with E-state index in [0.29, 0.717) is 11.3 Å². The molecule has 26 heavy (non-hydrogen) atoms. The summed E-state index contributed by atoms with van der Waals surface area (Å²) in [7, 11) is 1.51. The van der Waals surface area contributed by atoms with Gasteiger partial charge in [-0.1, -0.05) is 18.2 Å². The minimum absolute atomic E-state index is 0.141. The van der Waals surface area contributed by atoms with E-state index in [1.165, 1.54) is 35.0 Å². The molecule has 6 nitrogen and oxygen atoms in total. The zero-order valence-electron chi connectivity index (χ0n) is 14.0. The van der Waals surface area contributed by atoms with Crippen LogP contribution in [0.15, 0.2) is 48.5 Å². The van der Waals surface area contributed by atoms with Crippen LogP contribution >= 0.6 is 0 Å². The van der Waals surface area contributed by atoms with Crippen LogP contribution in [-0.2, 0) is 9.59 Å². The van der Waals surface area contributed by atoms with Gasteiger partial charge in [-0.3, -0.25) is 19.3 Å². The van der Waals surface area contributed by atoms with Gasteiger partial charge in [0.15, 0.2) is 0 Å². The topological polar surface area (TPSA) is 69.7 Å². The van der Waals surface area contributed by atoms with Crippen molar-refractivity contribution >= 4 is 29.1 Å². The molecule has 2 aromatic carbocycles. The number of halogens is 1. The summed E-state index contributed by atoms with van der Waals surface area (Å²) in [6.07, 6.45) is 0.312. The molecule has 1 N–H and O–H groups in total. The van der Waals surface area contributed by atoms with Gasteiger partial charge in [0, 0.05) is 25.6 Å². The number of nitrogens with one attached hydrogen (secondary N) is 1. The van der Waals surface area contributed by atoms with Gasteiger partial charge in [-0.05, 0) is 30.3 Å². The Balaban J connectivity index is 1.81. The van der Waals surface area contributed by atoms with Gasteiger partial charge >= 0.3 is 0 Å². The normalized spacial score (nSPS) is 21.5. The second-order valence-electron chi connectivity index (χ2n) is 6.39. The van der Waals surface area contributed by atoms with E-state index >= 15 is 0 Å². The molecule has 0 saturated carbocycles. The zero-order chi connectivity index (χ0) is 18.5. The summed E-state index contributed by atoms with van der Waals surface area (Å²) in [5.74, 6) is -1.59. The Morgan fingerprint density at radius 3 is 2.69 bits per heavy atom. The highest BCUT2D eigenvalue weighted by Gasteiger charge is 2.59. The van der Waals surface area contributed by atoms with Crippen LogP contribution in [0.4, 0.5) is 15.8 Å². The van der Waals surface area contributed by atoms with E-state index in [1.54, 1.807) is 30.3 Å². The molecule has 3 amide bonds. The van der Waals surface area contributed by atoms with Gasteiger partial charge in [0.25, 0.3) is 11.8 Å². The van der Waals surface area contributed by atoms with Crippen molar-refractivity contribution in [2.24, 2.45) is 0 Å². The van der Waals surface area contributed by atoms with E-state index in [0.717, 1.165) is 0 Å². The number of rotatable bonds is 2. The van der Waals surface area contributed by atoms with Crippen molar-refractivity contribution in [2.45, 2.75) is 18.5 Å². The monoisotopic (exact) mass is 353 g/mol. The fourth-order valence-electron chi connectivity index (χ4n) is 3.73. The highest BCUT2D eigenvalue weighted by molar-refractivity contribution is 6.18. The van der Waals surface area contributed by atoms with Crippen LogP contribution in [0.1, 0.15) is 23.2 Å². The number of nitrogens with zero attached hydrogens (tertiary/aromatic N) is 2. The molecule has 0 bridgehead atoms. The molecule has 4 rings (SSSR count). The van der Waals surface area contributed by atoms with Gasteiger partial charge in [0.1, 0.15) is 5.82 Å². The Labute approximate surface area is 149 Å². The first-order valence-electron chi connectivity index (χ1n) is 8.22. The first-order valence-corrected chi connectivity index (χ1v) is 8.22. The Hall–Kier alpha value is -3.22. The number of amides is 3. The van der Waals surface area contributed by atoms with E-state index < -0.39 is 17.4 Å². The highest BCUT2D eigenvalue weighted by Crippen LogP contribution is 2.44. The van der Waals surface area contributed by atoms with Crippen molar-refractivity contribution in [3.63, 3.8) is 0 Å². The largest absolute Gasteiger partial charge is 0.322 e. The summed E-state index contributed by atoms with van der Waals surface area (Å²) < 4.78 is 13.4. The van der Waals surface area contributed by atoms with E-state index in [9.17, 15) is 18.8 Å². The predicted octanol–water partition coefficient (Wildman–Crippen LogP) is 2.37. The van der Waals surface area contributed by atoms with Gasteiger partial charge in [-0.15, -0.1) is 0 Å². The fourth-order valence-corrected chi connectivity index (χ4v) is 3.73. The summed E-state index contributed by atoms with van der Waals surface area (Å²) >= 11 is 0. The highest BCUT2D eigenvalue weighted by atomic mass is 19.1. The maximum absolute atomic E-state index is 13.4. The smallest absolute Gasteiger partial charge is 0.271 e. The molecule has 0 aromatic heterocycles. The molecule has 7 heteroatoms. The van der Waals surface area contributed by atoms with Crippen molar-refractivity contribution in [1.29, 1.82) is 0 Å². The lowest BCUT2D eigenvalue weighted by Crippen LogP contribution is -2.68. The number of para-hydroxylation sites is 1. The maximum atomic E-state index is 13.4. The van der Waals surface area contributed by atoms with Crippen LogP contribution in [0.2, 0.25) is 0 Å². The average molecular weight is 353 g/mol. The first kappa shape index (κ1) is 16.3. The molecular formula is C19H16FN3O3. The van der Waals surface area contributed by atoms with Gasteiger partial charge in [-0.25, -0.2) is 4.39 Å². The third kappa shape index (κ3) is 2.13. The van der Waals surface area contributed by atoms with Gasteiger partial charge in [0.05, 0.1) is 11.3 Å². The molecule has 2 aliphatic heterocycles. The summed E-state index contributed by atoms with van der Waals surface area (Å²) in [6, 6.07) is 12.2. The lowest BCUT2D eigenvalue weighted by molar-refractivity contribution is -0.128. The molecule has 2 aromatic rings. The second kappa shape index (κ2) is 5.66. The third-order valence-electron chi connectivity index (χ3n) is 4.99. The standard InChI is InChI=1S/C19H16FN3O3/c1-22-17(25)14-7-2-3-8-15(14)23-16(24)9-10-19(22,23)18(26)21-13-6-4-5-12(20)11-13/h2-8,11H,9-10H2,1H3,(H,21,26). The molecular weight excluding hydrogens is 337 g/mol. The first-order chi connectivity index (χ1) is 12.4. The molecule has 1 saturated heterocycles. The van der Waals surface area contributed by atoms with E-state index in [4.69, 9.17) is 0 Å². The summed E-state index contributed by atoms with van der Waals surface area (Å²) in [6.45, 7) is 0. The van der Waals surface area contributed by atoms with Gasteiger partial charge in [0.2, 0.25) is 11.6 Å². The van der Waals surface area contributed by atoms with Crippen molar-refractivity contribution in [1.82, 2.24) is 4.90 Å². The molecule has 1 fully saturated rings. The second-order valence-corrected chi connectivity index (χ2v) is 6.39. The van der Waals surface area contributed by atoms with Crippen LogP contribution in [-0.4, -0.2) is 35.3 Å². The van der Waals surface area contributed by atoms with Crippen molar-refractivity contribution in [2.75, 3.05) is 17.3 Å². The van der Waals surface area contributed by atoms with Crippen LogP contribution in [0.3, 0.4) is 0 Å². The predicted molar refractivity (Wildman–Crippen MR) is 93.0 cm³/mol. The minimum atomic E-state index is -1.46. The van der Waals surface area contributed by atoms with Crippen molar-refractivity contribution in [3.05, 3.63) is 59.9 Å². The molecule has 0 radical (unpaired) electrons. The molecule has 1 unspecified atom stereocenters. The quantitative estimate of drug-likeness (QED) is 0.901. The fraction of sp³-hybridized carbons (Fsp3) is 0.211. The Morgan fingerprint density at radius 2 is 1.92 bits per heavy atom.